The number of halogens is 1. The van der Waals surface area contributed by atoms with E-state index in [-0.39, 0.29) is 12.4 Å². The maximum absolute atomic E-state index is 5.60. The number of benzene rings is 1. The molecule has 1 unspecified atom stereocenters. The lowest BCUT2D eigenvalue weighted by atomic mass is 10.0. The van der Waals surface area contributed by atoms with Crippen LogP contribution in [0.4, 0.5) is 0 Å². The van der Waals surface area contributed by atoms with Gasteiger partial charge in [0, 0.05) is 37.4 Å². The Morgan fingerprint density at radius 2 is 2.04 bits per heavy atom. The third kappa shape index (κ3) is 3.43. The van der Waals surface area contributed by atoms with E-state index < -0.39 is 0 Å². The average Bonchev–Trinajstić information content (AvgIpc) is 3.06. The minimum atomic E-state index is 0. The minimum Gasteiger partial charge on any atom is -0.496 e. The minimum absolute atomic E-state index is 0. The number of hydrogen-bond donors (Lipinski definition) is 1. The molecule has 1 fully saturated rings. The number of aryl methyl sites for hydroxylation is 1. The van der Waals surface area contributed by atoms with Gasteiger partial charge in [-0.25, -0.2) is 4.98 Å². The zero-order valence-corrected chi connectivity index (χ0v) is 16.0. The van der Waals surface area contributed by atoms with Crippen LogP contribution in [0.25, 0.3) is 5.65 Å². The van der Waals surface area contributed by atoms with Crippen LogP contribution in [-0.2, 0) is 6.54 Å². The average molecular weight is 373 g/mol. The molecule has 138 valence electrons. The molecule has 26 heavy (non-hydrogen) atoms. The molecule has 0 saturated carbocycles. The molecule has 4 rings (SSSR count). The van der Waals surface area contributed by atoms with E-state index in [0.29, 0.717) is 6.04 Å². The van der Waals surface area contributed by atoms with Crippen molar-refractivity contribution in [3.8, 4) is 5.75 Å². The van der Waals surface area contributed by atoms with Gasteiger partial charge >= 0.3 is 0 Å². The van der Waals surface area contributed by atoms with Crippen LogP contribution in [0, 0.1) is 6.92 Å². The van der Waals surface area contributed by atoms with Crippen molar-refractivity contribution in [1.29, 1.82) is 0 Å². The molecule has 1 saturated heterocycles. The van der Waals surface area contributed by atoms with Crippen LogP contribution in [0.1, 0.15) is 23.0 Å². The van der Waals surface area contributed by atoms with E-state index in [1.54, 1.807) is 7.11 Å². The molecular weight excluding hydrogens is 348 g/mol. The number of aromatic nitrogens is 2. The fourth-order valence-electron chi connectivity index (χ4n) is 3.78. The highest BCUT2D eigenvalue weighted by Gasteiger charge is 2.27. The summed E-state index contributed by atoms with van der Waals surface area (Å²) in [5, 5.41) is 3.52. The van der Waals surface area contributed by atoms with E-state index in [1.165, 1.54) is 17.0 Å². The summed E-state index contributed by atoms with van der Waals surface area (Å²) in [4.78, 5) is 7.09. The highest BCUT2D eigenvalue weighted by atomic mass is 35.5. The van der Waals surface area contributed by atoms with Gasteiger partial charge in [0.1, 0.15) is 11.4 Å². The van der Waals surface area contributed by atoms with Gasteiger partial charge in [0.2, 0.25) is 0 Å². The predicted octanol–water partition coefficient (Wildman–Crippen LogP) is 3.22. The molecule has 0 radical (unpaired) electrons. The van der Waals surface area contributed by atoms with Gasteiger partial charge in [-0.1, -0.05) is 24.3 Å². The highest BCUT2D eigenvalue weighted by Crippen LogP contribution is 2.31. The van der Waals surface area contributed by atoms with Crippen molar-refractivity contribution in [3.63, 3.8) is 0 Å². The Kier molecular flexibility index (Phi) is 5.81. The molecule has 0 amide bonds. The van der Waals surface area contributed by atoms with Gasteiger partial charge in [0.25, 0.3) is 0 Å². The van der Waals surface area contributed by atoms with E-state index in [2.05, 4.69) is 56.9 Å². The summed E-state index contributed by atoms with van der Waals surface area (Å²) in [6, 6.07) is 14.9. The molecule has 3 heterocycles. The maximum Gasteiger partial charge on any atom is 0.137 e. The van der Waals surface area contributed by atoms with Gasteiger partial charge in [-0.15, -0.1) is 12.4 Å². The van der Waals surface area contributed by atoms with E-state index >= 15 is 0 Å². The van der Waals surface area contributed by atoms with Crippen LogP contribution in [0.3, 0.4) is 0 Å². The second-order valence-corrected chi connectivity index (χ2v) is 6.54. The second-order valence-electron chi connectivity index (χ2n) is 6.54. The van der Waals surface area contributed by atoms with E-state index in [9.17, 15) is 0 Å². The first-order valence-corrected chi connectivity index (χ1v) is 8.77. The van der Waals surface area contributed by atoms with Crippen LogP contribution < -0.4 is 10.1 Å². The molecule has 3 aromatic rings. The molecule has 0 bridgehead atoms. The van der Waals surface area contributed by atoms with Crippen molar-refractivity contribution < 1.29 is 4.74 Å². The summed E-state index contributed by atoms with van der Waals surface area (Å²) in [5.41, 5.74) is 4.70. The number of pyridine rings is 1. The van der Waals surface area contributed by atoms with Crippen molar-refractivity contribution in [2.24, 2.45) is 0 Å². The van der Waals surface area contributed by atoms with Gasteiger partial charge in [-0.2, -0.15) is 0 Å². The molecule has 1 aromatic carbocycles. The number of ether oxygens (including phenoxy) is 1. The Labute approximate surface area is 160 Å². The number of nitrogens with one attached hydrogen (secondary N) is 1. The number of piperazine rings is 1. The van der Waals surface area contributed by atoms with Crippen molar-refractivity contribution >= 4 is 18.1 Å². The predicted molar refractivity (Wildman–Crippen MR) is 106 cm³/mol. The number of rotatable bonds is 4. The Balaban J connectivity index is 0.00000196. The van der Waals surface area contributed by atoms with Crippen molar-refractivity contribution in [2.45, 2.75) is 19.5 Å². The Bertz CT molecular complexity index is 879. The normalized spacial score (nSPS) is 17.8. The van der Waals surface area contributed by atoms with Gasteiger partial charge in [0.15, 0.2) is 0 Å². The third-order valence-corrected chi connectivity index (χ3v) is 5.01. The SMILES string of the molecule is COc1ccccc1C1CNCCN1Cc1cnc2cccc(C)n12.Cl. The van der Waals surface area contributed by atoms with E-state index in [0.717, 1.165) is 37.6 Å². The molecule has 0 spiro atoms. The number of hydrogen-bond acceptors (Lipinski definition) is 4. The first-order valence-electron chi connectivity index (χ1n) is 8.77. The number of nitrogens with zero attached hydrogens (tertiary/aromatic N) is 3. The zero-order valence-electron chi connectivity index (χ0n) is 15.2. The highest BCUT2D eigenvalue weighted by molar-refractivity contribution is 5.85. The lowest BCUT2D eigenvalue weighted by Gasteiger charge is -2.37. The summed E-state index contributed by atoms with van der Waals surface area (Å²) in [5.74, 6) is 0.954. The molecule has 1 aliphatic heterocycles. The summed E-state index contributed by atoms with van der Waals surface area (Å²) in [7, 11) is 1.74. The van der Waals surface area contributed by atoms with Crippen LogP contribution in [0.5, 0.6) is 5.75 Å². The van der Waals surface area contributed by atoms with Gasteiger partial charge in [0.05, 0.1) is 25.0 Å². The molecule has 0 aliphatic carbocycles. The van der Waals surface area contributed by atoms with E-state index in [4.69, 9.17) is 4.74 Å². The lowest BCUT2D eigenvalue weighted by molar-refractivity contribution is 0.149. The van der Waals surface area contributed by atoms with Crippen LogP contribution in [0.15, 0.2) is 48.7 Å². The molecule has 6 heteroatoms. The molecule has 1 atom stereocenters. The first-order chi connectivity index (χ1) is 12.3. The van der Waals surface area contributed by atoms with Crippen LogP contribution in [0.2, 0.25) is 0 Å². The zero-order chi connectivity index (χ0) is 17.2. The van der Waals surface area contributed by atoms with Gasteiger partial charge < -0.3 is 14.5 Å². The van der Waals surface area contributed by atoms with Gasteiger partial charge in [-0.3, -0.25) is 4.90 Å². The van der Waals surface area contributed by atoms with Crippen LogP contribution in [-0.4, -0.2) is 41.0 Å². The summed E-state index contributed by atoms with van der Waals surface area (Å²) < 4.78 is 7.85. The van der Waals surface area contributed by atoms with E-state index in [1.807, 2.05) is 18.3 Å². The molecule has 1 N–H and O–H groups in total. The summed E-state index contributed by atoms with van der Waals surface area (Å²) in [6.07, 6.45) is 2.00. The number of para-hydroxylation sites is 1. The third-order valence-electron chi connectivity index (χ3n) is 5.01. The topological polar surface area (TPSA) is 41.8 Å². The number of imidazole rings is 1. The molecular formula is C20H25ClN4O. The van der Waals surface area contributed by atoms with Crippen molar-refractivity contribution in [2.75, 3.05) is 26.7 Å². The first kappa shape index (κ1) is 18.7. The molecule has 2 aromatic heterocycles. The second kappa shape index (κ2) is 8.08. The Hall–Kier alpha value is -2.08. The fraction of sp³-hybridized carbons (Fsp3) is 0.350. The van der Waals surface area contributed by atoms with Crippen molar-refractivity contribution in [3.05, 3.63) is 65.6 Å². The van der Waals surface area contributed by atoms with Crippen molar-refractivity contribution in [1.82, 2.24) is 19.6 Å². The Morgan fingerprint density at radius 1 is 1.19 bits per heavy atom. The smallest absolute Gasteiger partial charge is 0.137 e. The number of methoxy groups -OCH3 is 1. The largest absolute Gasteiger partial charge is 0.496 e. The van der Waals surface area contributed by atoms with Crippen LogP contribution >= 0.6 is 12.4 Å². The maximum atomic E-state index is 5.60. The number of fused-ring (bicyclic) bond motifs is 1. The summed E-state index contributed by atoms with van der Waals surface area (Å²) >= 11 is 0. The summed E-state index contributed by atoms with van der Waals surface area (Å²) in [6.45, 7) is 5.93. The fourth-order valence-corrected chi connectivity index (χ4v) is 3.78. The quantitative estimate of drug-likeness (QED) is 0.763. The Morgan fingerprint density at radius 3 is 2.88 bits per heavy atom. The van der Waals surface area contributed by atoms with Gasteiger partial charge in [-0.05, 0) is 25.1 Å². The molecule has 5 nitrogen and oxygen atoms in total. The monoisotopic (exact) mass is 372 g/mol. The lowest BCUT2D eigenvalue weighted by Crippen LogP contribution is -2.45. The standard InChI is InChI=1S/C20H24N4O.ClH/c1-15-6-5-9-20-22-12-16(24(15)20)14-23-11-10-21-13-18(23)17-7-3-4-8-19(17)25-2;/h3-9,12,18,21H,10-11,13-14H2,1-2H3;1H. The molecule has 1 aliphatic rings.